The molecule has 8 heteroatoms. The number of aryl methyl sites for hydroxylation is 2. The quantitative estimate of drug-likeness (QED) is 0.440. The lowest BCUT2D eigenvalue weighted by Crippen LogP contribution is -2.03. The third-order valence-electron chi connectivity index (χ3n) is 3.72. The van der Waals surface area contributed by atoms with Crippen molar-refractivity contribution in [3.05, 3.63) is 58.9 Å². The highest BCUT2D eigenvalue weighted by atomic mass is 32.2. The topological polar surface area (TPSA) is 56.5 Å². The molecular weight excluding hydrogens is 369 g/mol. The lowest BCUT2D eigenvalue weighted by atomic mass is 10.2. The summed E-state index contributed by atoms with van der Waals surface area (Å²) in [4.78, 5) is 8.89. The van der Waals surface area contributed by atoms with E-state index in [4.69, 9.17) is 0 Å². The van der Waals surface area contributed by atoms with Crippen LogP contribution in [0.4, 0.5) is 4.39 Å². The number of hydrogen-bond donors (Lipinski definition) is 0. The van der Waals surface area contributed by atoms with E-state index in [-0.39, 0.29) is 5.82 Å². The maximum atomic E-state index is 13.8. The number of hydrogen-bond acceptors (Lipinski definition) is 6. The third kappa shape index (κ3) is 4.62. The van der Waals surface area contributed by atoms with E-state index >= 15 is 0 Å². The van der Waals surface area contributed by atoms with Crippen LogP contribution in [-0.2, 0) is 18.1 Å². The third-order valence-corrected chi connectivity index (χ3v) is 5.58. The van der Waals surface area contributed by atoms with Crippen LogP contribution >= 0.6 is 23.5 Å². The zero-order chi connectivity index (χ0) is 18.5. The van der Waals surface area contributed by atoms with Crippen LogP contribution in [0.5, 0.6) is 0 Å². The average molecular weight is 390 g/mol. The second-order valence-electron chi connectivity index (χ2n) is 5.75. The summed E-state index contributed by atoms with van der Waals surface area (Å²) >= 11 is 3.04. The fourth-order valence-electron chi connectivity index (χ4n) is 2.50. The van der Waals surface area contributed by atoms with Crippen molar-refractivity contribution in [1.82, 2.24) is 24.7 Å². The molecule has 0 unspecified atom stereocenters. The fraction of sp³-hybridized carbons (Fsp3) is 0.333. The molecular formula is C18H20FN5S2. The van der Waals surface area contributed by atoms with Crippen molar-refractivity contribution < 1.29 is 4.39 Å². The molecule has 0 spiro atoms. The highest BCUT2D eigenvalue weighted by Gasteiger charge is 2.13. The van der Waals surface area contributed by atoms with E-state index in [1.165, 1.54) is 17.8 Å². The summed E-state index contributed by atoms with van der Waals surface area (Å²) in [6, 6.07) is 8.77. The van der Waals surface area contributed by atoms with Crippen LogP contribution < -0.4 is 0 Å². The monoisotopic (exact) mass is 389 g/mol. The number of rotatable bonds is 7. The molecule has 136 valence electrons. The highest BCUT2D eigenvalue weighted by Crippen LogP contribution is 2.26. The number of nitrogens with zero attached hydrogens (tertiary/aromatic N) is 5. The van der Waals surface area contributed by atoms with E-state index in [0.717, 1.165) is 34.1 Å². The Kier molecular flexibility index (Phi) is 6.26. The summed E-state index contributed by atoms with van der Waals surface area (Å²) in [7, 11) is 0. The SMILES string of the molecule is CCn1c(CSc2nc(C)cc(C)n2)nnc1SCc1ccccc1F. The van der Waals surface area contributed by atoms with Crippen LogP contribution in [0, 0.1) is 19.7 Å². The molecule has 2 heterocycles. The van der Waals surface area contributed by atoms with Crippen LogP contribution in [0.15, 0.2) is 40.6 Å². The number of benzene rings is 1. The molecule has 0 bridgehead atoms. The number of halogens is 1. The molecule has 0 atom stereocenters. The molecule has 0 saturated heterocycles. The molecule has 5 nitrogen and oxygen atoms in total. The van der Waals surface area contributed by atoms with Crippen LogP contribution in [0.1, 0.15) is 29.7 Å². The zero-order valence-electron chi connectivity index (χ0n) is 14.9. The molecule has 1 aromatic carbocycles. The van der Waals surface area contributed by atoms with Crippen molar-refractivity contribution in [1.29, 1.82) is 0 Å². The van der Waals surface area contributed by atoms with Crippen molar-refractivity contribution in [3.8, 4) is 0 Å². The Morgan fingerprint density at radius 3 is 2.42 bits per heavy atom. The average Bonchev–Trinajstić information content (AvgIpc) is 3.00. The van der Waals surface area contributed by atoms with E-state index < -0.39 is 0 Å². The smallest absolute Gasteiger partial charge is 0.191 e. The first-order valence-electron chi connectivity index (χ1n) is 8.30. The molecule has 0 saturated carbocycles. The summed E-state index contributed by atoms with van der Waals surface area (Å²) in [6.07, 6.45) is 0. The first-order valence-corrected chi connectivity index (χ1v) is 10.3. The Labute approximate surface area is 160 Å². The molecule has 0 aliphatic carbocycles. The van der Waals surface area contributed by atoms with Gasteiger partial charge in [0.15, 0.2) is 10.3 Å². The maximum Gasteiger partial charge on any atom is 0.191 e. The second kappa shape index (κ2) is 8.64. The minimum Gasteiger partial charge on any atom is -0.306 e. The molecule has 3 rings (SSSR count). The Morgan fingerprint density at radius 1 is 1.00 bits per heavy atom. The van der Waals surface area contributed by atoms with Gasteiger partial charge in [0.2, 0.25) is 0 Å². The molecule has 26 heavy (non-hydrogen) atoms. The standard InChI is InChI=1S/C18H20FN5S2/c1-4-24-16(11-25-17-20-12(2)9-13(3)21-17)22-23-18(24)26-10-14-7-5-6-8-15(14)19/h5-9H,4,10-11H2,1-3H3. The van der Waals surface area contributed by atoms with Crippen LogP contribution in [-0.4, -0.2) is 24.7 Å². The fourth-order valence-corrected chi connectivity index (χ4v) is 4.39. The van der Waals surface area contributed by atoms with Crippen LogP contribution in [0.25, 0.3) is 0 Å². The van der Waals surface area contributed by atoms with Gasteiger partial charge in [-0.2, -0.15) is 0 Å². The van der Waals surface area contributed by atoms with Crippen molar-refractivity contribution in [2.45, 2.75) is 49.1 Å². The predicted molar refractivity (Wildman–Crippen MR) is 103 cm³/mol. The molecule has 0 aliphatic rings. The van der Waals surface area contributed by atoms with Crippen molar-refractivity contribution in [2.75, 3.05) is 0 Å². The van der Waals surface area contributed by atoms with Gasteiger partial charge in [0, 0.05) is 23.7 Å². The van der Waals surface area contributed by atoms with E-state index in [0.29, 0.717) is 17.1 Å². The highest BCUT2D eigenvalue weighted by molar-refractivity contribution is 7.98. The van der Waals surface area contributed by atoms with Gasteiger partial charge in [0.1, 0.15) is 11.6 Å². The van der Waals surface area contributed by atoms with E-state index in [9.17, 15) is 4.39 Å². The van der Waals surface area contributed by atoms with Crippen molar-refractivity contribution in [2.24, 2.45) is 0 Å². The van der Waals surface area contributed by atoms with Gasteiger partial charge in [0.05, 0.1) is 5.75 Å². The van der Waals surface area contributed by atoms with Crippen LogP contribution in [0.2, 0.25) is 0 Å². The summed E-state index contributed by atoms with van der Waals surface area (Å²) < 4.78 is 15.8. The maximum absolute atomic E-state index is 13.8. The molecule has 2 aromatic heterocycles. The summed E-state index contributed by atoms with van der Waals surface area (Å²) in [5.41, 5.74) is 2.58. The lowest BCUT2D eigenvalue weighted by molar-refractivity contribution is 0.617. The molecule has 0 N–H and O–H groups in total. The molecule has 0 aliphatic heterocycles. The number of aromatic nitrogens is 5. The Balaban J connectivity index is 1.68. The predicted octanol–water partition coefficient (Wildman–Crippen LogP) is 4.43. The normalized spacial score (nSPS) is 11.1. The Morgan fingerprint density at radius 2 is 1.73 bits per heavy atom. The van der Waals surface area contributed by atoms with Crippen molar-refractivity contribution in [3.63, 3.8) is 0 Å². The second-order valence-corrected chi connectivity index (χ2v) is 7.63. The van der Waals surface area contributed by atoms with Gasteiger partial charge in [-0.1, -0.05) is 41.7 Å². The minimum atomic E-state index is -0.190. The van der Waals surface area contributed by atoms with Gasteiger partial charge in [-0.05, 0) is 38.5 Å². The van der Waals surface area contributed by atoms with E-state index in [1.807, 2.05) is 26.0 Å². The Hall–Kier alpha value is -1.93. The van der Waals surface area contributed by atoms with Crippen molar-refractivity contribution >= 4 is 23.5 Å². The van der Waals surface area contributed by atoms with Gasteiger partial charge >= 0.3 is 0 Å². The molecule has 3 aromatic rings. The minimum absolute atomic E-state index is 0.190. The zero-order valence-corrected chi connectivity index (χ0v) is 16.6. The molecule has 0 fully saturated rings. The molecule has 0 amide bonds. The summed E-state index contributed by atoms with van der Waals surface area (Å²) in [5.74, 6) is 1.85. The summed E-state index contributed by atoms with van der Waals surface area (Å²) in [5, 5.41) is 10.1. The lowest BCUT2D eigenvalue weighted by Gasteiger charge is -2.07. The Bertz CT molecular complexity index is 877. The first-order chi connectivity index (χ1) is 12.6. The first kappa shape index (κ1) is 18.8. The van der Waals surface area contributed by atoms with Gasteiger partial charge in [-0.15, -0.1) is 10.2 Å². The van der Waals surface area contributed by atoms with E-state index in [2.05, 4.69) is 31.7 Å². The van der Waals surface area contributed by atoms with E-state index in [1.54, 1.807) is 23.9 Å². The van der Waals surface area contributed by atoms with Gasteiger partial charge in [0.25, 0.3) is 0 Å². The van der Waals surface area contributed by atoms with Gasteiger partial charge in [-0.25, -0.2) is 14.4 Å². The van der Waals surface area contributed by atoms with Crippen LogP contribution in [0.3, 0.4) is 0 Å². The number of thioether (sulfide) groups is 2. The molecule has 0 radical (unpaired) electrons. The largest absolute Gasteiger partial charge is 0.306 e. The summed E-state index contributed by atoms with van der Waals surface area (Å²) in [6.45, 7) is 6.74. The van der Waals surface area contributed by atoms with Gasteiger partial charge in [-0.3, -0.25) is 0 Å². The van der Waals surface area contributed by atoms with Gasteiger partial charge < -0.3 is 4.57 Å².